The number of aliphatic hydroxyl groups is 1. The molecule has 2 N–H and O–H groups in total. The van der Waals surface area contributed by atoms with E-state index in [4.69, 9.17) is 5.11 Å². The van der Waals surface area contributed by atoms with E-state index in [-0.39, 0.29) is 5.91 Å². The first-order valence-electron chi connectivity index (χ1n) is 5.73. The Hall–Kier alpha value is -0.710. The Bertz CT molecular complexity index is 250. The molecule has 0 spiro atoms. The average molecular weight is 235 g/mol. The summed E-state index contributed by atoms with van der Waals surface area (Å²) in [6.45, 7) is -0.0917. The Morgan fingerprint density at radius 3 is 2.44 bits per heavy atom. The van der Waals surface area contributed by atoms with E-state index in [0.29, 0.717) is 6.42 Å². The van der Waals surface area contributed by atoms with Gasteiger partial charge in [-0.1, -0.05) is 19.8 Å². The van der Waals surface area contributed by atoms with Gasteiger partial charge in [-0.2, -0.15) is 0 Å². The molecule has 0 aromatic rings. The summed E-state index contributed by atoms with van der Waals surface area (Å²) in [6, 6.07) is 0. The summed E-state index contributed by atoms with van der Waals surface area (Å²) < 4.78 is 25.5. The lowest BCUT2D eigenvalue weighted by molar-refractivity contribution is -0.133. The van der Waals surface area contributed by atoms with Crippen molar-refractivity contribution in [2.75, 3.05) is 13.2 Å². The fourth-order valence-electron chi connectivity index (χ4n) is 2.25. The van der Waals surface area contributed by atoms with Crippen molar-refractivity contribution in [3.8, 4) is 0 Å². The molecule has 0 saturated heterocycles. The van der Waals surface area contributed by atoms with Gasteiger partial charge in [0.25, 0.3) is 5.92 Å². The number of halogens is 2. The van der Waals surface area contributed by atoms with Crippen LogP contribution < -0.4 is 5.32 Å². The van der Waals surface area contributed by atoms with Crippen LogP contribution >= 0.6 is 0 Å². The molecule has 16 heavy (non-hydrogen) atoms. The zero-order valence-corrected chi connectivity index (χ0v) is 9.56. The lowest BCUT2D eigenvalue weighted by atomic mass is 9.82. The van der Waals surface area contributed by atoms with Crippen molar-refractivity contribution in [3.05, 3.63) is 0 Å². The minimum absolute atomic E-state index is 0.291. The van der Waals surface area contributed by atoms with Gasteiger partial charge in [-0.3, -0.25) is 4.79 Å². The Balaban J connectivity index is 2.51. The smallest absolute Gasteiger partial charge is 0.287 e. The zero-order valence-electron chi connectivity index (χ0n) is 9.56. The van der Waals surface area contributed by atoms with E-state index < -0.39 is 24.5 Å². The Labute approximate surface area is 94.2 Å². The first kappa shape index (κ1) is 13.4. The van der Waals surface area contributed by atoms with E-state index >= 15 is 0 Å². The molecule has 1 saturated carbocycles. The zero-order chi connectivity index (χ0) is 12.2. The van der Waals surface area contributed by atoms with E-state index in [1.165, 1.54) is 0 Å². The molecule has 0 aromatic carbocycles. The number of carbonyl (C=O) groups excluding carboxylic acids is 1. The van der Waals surface area contributed by atoms with Crippen LogP contribution in [0.4, 0.5) is 8.78 Å². The molecule has 0 aromatic heterocycles. The number of nitrogens with one attached hydrogen (secondary N) is 1. The van der Waals surface area contributed by atoms with Gasteiger partial charge in [0.2, 0.25) is 5.91 Å². The highest BCUT2D eigenvalue weighted by molar-refractivity contribution is 5.82. The standard InChI is InChI=1S/C11H19F2NO2/c1-2-10(5-3-4-6-10)9(16)14-7-11(12,13)8-15/h15H,2-8H2,1H3,(H,14,16). The topological polar surface area (TPSA) is 49.3 Å². The van der Waals surface area contributed by atoms with Gasteiger partial charge in [0, 0.05) is 5.41 Å². The van der Waals surface area contributed by atoms with Crippen molar-refractivity contribution in [2.24, 2.45) is 5.41 Å². The van der Waals surface area contributed by atoms with Crippen molar-refractivity contribution < 1.29 is 18.7 Å². The number of rotatable bonds is 5. The Morgan fingerprint density at radius 2 is 2.00 bits per heavy atom. The van der Waals surface area contributed by atoms with Crippen molar-refractivity contribution in [2.45, 2.75) is 45.0 Å². The fourth-order valence-corrected chi connectivity index (χ4v) is 2.25. The summed E-state index contributed by atoms with van der Waals surface area (Å²) in [5.74, 6) is -3.51. The van der Waals surface area contributed by atoms with Crippen LogP contribution in [-0.4, -0.2) is 30.1 Å². The van der Waals surface area contributed by atoms with Crippen molar-refractivity contribution in [1.29, 1.82) is 0 Å². The number of hydrogen-bond donors (Lipinski definition) is 2. The number of amides is 1. The number of hydrogen-bond acceptors (Lipinski definition) is 2. The Kier molecular flexibility index (Phi) is 4.24. The second kappa shape index (κ2) is 5.08. The van der Waals surface area contributed by atoms with Gasteiger partial charge in [0.05, 0.1) is 6.54 Å². The number of alkyl halides is 2. The average Bonchev–Trinajstić information content (AvgIpc) is 2.76. The van der Waals surface area contributed by atoms with E-state index in [1.54, 1.807) is 0 Å². The van der Waals surface area contributed by atoms with Crippen LogP contribution in [0.1, 0.15) is 39.0 Å². The van der Waals surface area contributed by atoms with Gasteiger partial charge in [-0.25, -0.2) is 8.78 Å². The molecule has 0 heterocycles. The lowest BCUT2D eigenvalue weighted by Gasteiger charge is -2.27. The minimum atomic E-state index is -3.22. The van der Waals surface area contributed by atoms with Crippen LogP contribution in [0.15, 0.2) is 0 Å². The third-order valence-corrected chi connectivity index (χ3v) is 3.46. The molecule has 0 bridgehead atoms. The van der Waals surface area contributed by atoms with Gasteiger partial charge >= 0.3 is 0 Å². The van der Waals surface area contributed by atoms with E-state index in [0.717, 1.165) is 25.7 Å². The normalized spacial score (nSPS) is 19.8. The predicted octanol–water partition coefficient (Wildman–Crippen LogP) is 1.70. The maximum absolute atomic E-state index is 12.8. The van der Waals surface area contributed by atoms with Crippen molar-refractivity contribution >= 4 is 5.91 Å². The molecule has 0 aliphatic heterocycles. The molecule has 0 unspecified atom stereocenters. The van der Waals surface area contributed by atoms with Crippen LogP contribution in [-0.2, 0) is 4.79 Å². The molecule has 1 fully saturated rings. The molecule has 3 nitrogen and oxygen atoms in total. The predicted molar refractivity (Wildman–Crippen MR) is 56.2 cm³/mol. The minimum Gasteiger partial charge on any atom is -0.390 e. The summed E-state index contributed by atoms with van der Waals surface area (Å²) in [5.41, 5.74) is -0.453. The first-order chi connectivity index (χ1) is 7.46. The highest BCUT2D eigenvalue weighted by Crippen LogP contribution is 2.41. The van der Waals surface area contributed by atoms with Crippen LogP contribution in [0, 0.1) is 5.41 Å². The van der Waals surface area contributed by atoms with E-state index in [9.17, 15) is 13.6 Å². The van der Waals surface area contributed by atoms with Gasteiger partial charge < -0.3 is 10.4 Å². The lowest BCUT2D eigenvalue weighted by Crippen LogP contribution is -2.45. The molecule has 0 radical (unpaired) electrons. The molecular formula is C11H19F2NO2. The molecule has 94 valence electrons. The van der Waals surface area contributed by atoms with Crippen molar-refractivity contribution in [1.82, 2.24) is 5.32 Å². The van der Waals surface area contributed by atoms with E-state index in [2.05, 4.69) is 5.32 Å². The third kappa shape index (κ3) is 2.90. The van der Waals surface area contributed by atoms with Crippen LogP contribution in [0.2, 0.25) is 0 Å². The highest BCUT2D eigenvalue weighted by Gasteiger charge is 2.40. The maximum atomic E-state index is 12.8. The number of aliphatic hydroxyl groups excluding tert-OH is 1. The third-order valence-electron chi connectivity index (χ3n) is 3.46. The Morgan fingerprint density at radius 1 is 1.44 bits per heavy atom. The second-order valence-corrected chi connectivity index (χ2v) is 4.54. The molecule has 5 heteroatoms. The quantitative estimate of drug-likeness (QED) is 0.762. The number of carbonyl (C=O) groups is 1. The largest absolute Gasteiger partial charge is 0.390 e. The summed E-state index contributed by atoms with van der Waals surface area (Å²) in [7, 11) is 0. The van der Waals surface area contributed by atoms with Crippen molar-refractivity contribution in [3.63, 3.8) is 0 Å². The maximum Gasteiger partial charge on any atom is 0.287 e. The summed E-state index contributed by atoms with van der Waals surface area (Å²) >= 11 is 0. The molecule has 1 aliphatic carbocycles. The summed E-state index contributed by atoms with van der Waals surface area (Å²) in [6.07, 6.45) is 4.21. The second-order valence-electron chi connectivity index (χ2n) is 4.54. The molecular weight excluding hydrogens is 216 g/mol. The van der Waals surface area contributed by atoms with Crippen LogP contribution in [0.5, 0.6) is 0 Å². The van der Waals surface area contributed by atoms with Gasteiger partial charge in [-0.05, 0) is 19.3 Å². The molecule has 1 amide bonds. The van der Waals surface area contributed by atoms with E-state index in [1.807, 2.05) is 6.92 Å². The summed E-state index contributed by atoms with van der Waals surface area (Å²) in [4.78, 5) is 11.8. The SMILES string of the molecule is CCC1(C(=O)NCC(F)(F)CO)CCCC1. The molecule has 0 atom stereocenters. The molecule has 1 aliphatic rings. The van der Waals surface area contributed by atoms with Gasteiger partial charge in [0.15, 0.2) is 0 Å². The first-order valence-corrected chi connectivity index (χ1v) is 5.73. The highest BCUT2D eigenvalue weighted by atomic mass is 19.3. The fraction of sp³-hybridized carbons (Fsp3) is 0.909. The molecule has 1 rings (SSSR count). The summed E-state index contributed by atoms with van der Waals surface area (Å²) in [5, 5.41) is 10.7. The van der Waals surface area contributed by atoms with Crippen LogP contribution in [0.25, 0.3) is 0 Å². The van der Waals surface area contributed by atoms with Gasteiger partial charge in [-0.15, -0.1) is 0 Å². The van der Waals surface area contributed by atoms with Crippen LogP contribution in [0.3, 0.4) is 0 Å². The van der Waals surface area contributed by atoms with Gasteiger partial charge in [0.1, 0.15) is 6.61 Å². The monoisotopic (exact) mass is 235 g/mol.